The summed E-state index contributed by atoms with van der Waals surface area (Å²) in [6.07, 6.45) is 5.49. The predicted molar refractivity (Wildman–Crippen MR) is 74.0 cm³/mol. The van der Waals surface area contributed by atoms with Crippen molar-refractivity contribution in [3.8, 4) is 11.5 Å². The molecule has 0 aromatic carbocycles. The Labute approximate surface area is 120 Å². The van der Waals surface area contributed by atoms with E-state index >= 15 is 0 Å². The first-order valence-electron chi connectivity index (χ1n) is 6.43. The fourth-order valence-electron chi connectivity index (χ4n) is 1.61. The third-order valence-corrected chi connectivity index (χ3v) is 3.82. The highest BCUT2D eigenvalue weighted by Crippen LogP contribution is 2.26. The normalized spacial score (nSPS) is 15.8. The number of aromatic nitrogens is 3. The van der Waals surface area contributed by atoms with Gasteiger partial charge in [0.15, 0.2) is 0 Å². The first kappa shape index (κ1) is 13.1. The molecule has 1 N–H and O–H groups in total. The van der Waals surface area contributed by atoms with Gasteiger partial charge in [0.05, 0.1) is 10.8 Å². The van der Waals surface area contributed by atoms with E-state index in [1.54, 1.807) is 18.5 Å². The minimum Gasteiger partial charge on any atom is -0.411 e. The molecule has 1 saturated carbocycles. The highest BCUT2D eigenvalue weighted by atomic mass is 32.2. The molecule has 1 atom stereocenters. The van der Waals surface area contributed by atoms with Gasteiger partial charge in [0.1, 0.15) is 0 Å². The van der Waals surface area contributed by atoms with Gasteiger partial charge >= 0.3 is 0 Å². The zero-order chi connectivity index (χ0) is 13.9. The van der Waals surface area contributed by atoms with Crippen LogP contribution in [0.1, 0.15) is 19.8 Å². The summed E-state index contributed by atoms with van der Waals surface area (Å²) in [4.78, 5) is 15.8. The van der Waals surface area contributed by atoms with Gasteiger partial charge in [-0.1, -0.05) is 11.8 Å². The largest absolute Gasteiger partial charge is 0.411 e. The molecule has 1 fully saturated rings. The van der Waals surface area contributed by atoms with E-state index in [1.165, 1.54) is 11.8 Å². The number of thioether (sulfide) groups is 1. The van der Waals surface area contributed by atoms with Gasteiger partial charge in [-0.25, -0.2) is 0 Å². The fourth-order valence-corrected chi connectivity index (χ4v) is 2.31. The Hall–Kier alpha value is -1.89. The van der Waals surface area contributed by atoms with Crippen molar-refractivity contribution in [1.82, 2.24) is 20.5 Å². The van der Waals surface area contributed by atoms with E-state index in [4.69, 9.17) is 4.42 Å². The monoisotopic (exact) mass is 290 g/mol. The number of carbonyl (C=O) groups excluding carboxylic acids is 1. The lowest BCUT2D eigenvalue weighted by Crippen LogP contribution is -2.32. The van der Waals surface area contributed by atoms with Crippen molar-refractivity contribution in [3.63, 3.8) is 0 Å². The second-order valence-corrected chi connectivity index (χ2v) is 5.95. The van der Waals surface area contributed by atoms with Crippen LogP contribution in [0.3, 0.4) is 0 Å². The molecule has 7 heteroatoms. The standard InChI is InChI=1S/C13H14N4O2S/c1-8(11(18)15-10-4-5-10)20-13-17-16-12(19-13)9-3-2-6-14-7-9/h2-3,6-8,10H,4-5H2,1H3,(H,15,18)/t8-/m0/s1. The van der Waals surface area contributed by atoms with E-state index in [0.717, 1.165) is 18.4 Å². The first-order valence-corrected chi connectivity index (χ1v) is 7.31. The predicted octanol–water partition coefficient (Wildman–Crippen LogP) is 1.89. The Bertz CT molecular complexity index is 597. The molecule has 1 aliphatic carbocycles. The Morgan fingerprint density at radius 2 is 2.35 bits per heavy atom. The Morgan fingerprint density at radius 1 is 1.50 bits per heavy atom. The number of amides is 1. The van der Waals surface area contributed by atoms with E-state index < -0.39 is 0 Å². The molecule has 0 unspecified atom stereocenters. The summed E-state index contributed by atoms with van der Waals surface area (Å²) in [5, 5.41) is 11.0. The van der Waals surface area contributed by atoms with E-state index in [9.17, 15) is 4.79 Å². The van der Waals surface area contributed by atoms with Crippen molar-refractivity contribution in [2.45, 2.75) is 36.3 Å². The maximum Gasteiger partial charge on any atom is 0.277 e. The van der Waals surface area contributed by atoms with Crippen molar-refractivity contribution in [1.29, 1.82) is 0 Å². The van der Waals surface area contributed by atoms with Crippen molar-refractivity contribution < 1.29 is 9.21 Å². The summed E-state index contributed by atoms with van der Waals surface area (Å²) in [7, 11) is 0. The van der Waals surface area contributed by atoms with Gasteiger partial charge in [-0.3, -0.25) is 9.78 Å². The quantitative estimate of drug-likeness (QED) is 0.847. The van der Waals surface area contributed by atoms with Crippen LogP contribution in [0.2, 0.25) is 0 Å². The average molecular weight is 290 g/mol. The number of hydrogen-bond donors (Lipinski definition) is 1. The second-order valence-electron chi connectivity index (χ2n) is 4.66. The van der Waals surface area contributed by atoms with Gasteiger partial charge in [0, 0.05) is 18.4 Å². The van der Waals surface area contributed by atoms with Crippen LogP contribution in [-0.4, -0.2) is 32.4 Å². The van der Waals surface area contributed by atoms with Crippen molar-refractivity contribution in [3.05, 3.63) is 24.5 Å². The Balaban J connectivity index is 1.63. The number of nitrogens with one attached hydrogen (secondary N) is 1. The molecule has 1 amide bonds. The van der Waals surface area contributed by atoms with Gasteiger partial charge in [0.2, 0.25) is 11.8 Å². The number of rotatable bonds is 5. The summed E-state index contributed by atoms with van der Waals surface area (Å²) in [5.41, 5.74) is 0.766. The third-order valence-electron chi connectivity index (χ3n) is 2.89. The second kappa shape index (κ2) is 5.62. The van der Waals surface area contributed by atoms with Gasteiger partial charge < -0.3 is 9.73 Å². The first-order chi connectivity index (χ1) is 9.72. The van der Waals surface area contributed by atoms with Gasteiger partial charge in [-0.05, 0) is 31.9 Å². The molecular formula is C13H14N4O2S. The molecular weight excluding hydrogens is 276 g/mol. The smallest absolute Gasteiger partial charge is 0.277 e. The van der Waals surface area contributed by atoms with Crippen LogP contribution >= 0.6 is 11.8 Å². The molecule has 0 bridgehead atoms. The molecule has 104 valence electrons. The average Bonchev–Trinajstić information content (AvgIpc) is 3.16. The maximum atomic E-state index is 11.8. The molecule has 2 aromatic rings. The molecule has 0 aliphatic heterocycles. The van der Waals surface area contributed by atoms with Crippen molar-refractivity contribution in [2.75, 3.05) is 0 Å². The molecule has 6 nitrogen and oxygen atoms in total. The SMILES string of the molecule is C[C@H](Sc1nnc(-c2cccnc2)o1)C(=O)NC1CC1. The van der Waals surface area contributed by atoms with E-state index in [1.807, 2.05) is 13.0 Å². The highest BCUT2D eigenvalue weighted by molar-refractivity contribution is 8.00. The third kappa shape index (κ3) is 3.16. The molecule has 1 aliphatic rings. The highest BCUT2D eigenvalue weighted by Gasteiger charge is 2.26. The minimum atomic E-state index is -0.252. The van der Waals surface area contributed by atoms with Crippen LogP contribution in [0.5, 0.6) is 0 Å². The minimum absolute atomic E-state index is 0.0126. The van der Waals surface area contributed by atoms with Crippen LogP contribution < -0.4 is 5.32 Å². The Morgan fingerprint density at radius 3 is 3.05 bits per heavy atom. The van der Waals surface area contributed by atoms with Crippen LogP contribution in [-0.2, 0) is 4.79 Å². The lowest BCUT2D eigenvalue weighted by atomic mass is 10.3. The van der Waals surface area contributed by atoms with E-state index in [2.05, 4.69) is 20.5 Å². The molecule has 0 radical (unpaired) electrons. The van der Waals surface area contributed by atoms with Crippen LogP contribution in [0.25, 0.3) is 11.5 Å². The van der Waals surface area contributed by atoms with Gasteiger partial charge in [-0.15, -0.1) is 10.2 Å². The molecule has 0 spiro atoms. The van der Waals surface area contributed by atoms with Gasteiger partial charge in [0.25, 0.3) is 5.22 Å². The zero-order valence-electron chi connectivity index (χ0n) is 10.9. The zero-order valence-corrected chi connectivity index (χ0v) is 11.8. The van der Waals surface area contributed by atoms with Crippen molar-refractivity contribution in [2.24, 2.45) is 0 Å². The lowest BCUT2D eigenvalue weighted by Gasteiger charge is -2.08. The maximum absolute atomic E-state index is 11.8. The lowest BCUT2D eigenvalue weighted by molar-refractivity contribution is -0.120. The number of nitrogens with zero attached hydrogens (tertiary/aromatic N) is 3. The molecule has 20 heavy (non-hydrogen) atoms. The molecule has 3 rings (SSSR count). The molecule has 2 aromatic heterocycles. The summed E-state index contributed by atoms with van der Waals surface area (Å²) >= 11 is 1.26. The number of pyridine rings is 1. The molecule has 0 saturated heterocycles. The summed E-state index contributed by atoms with van der Waals surface area (Å²) in [6, 6.07) is 4.01. The van der Waals surface area contributed by atoms with Crippen molar-refractivity contribution >= 4 is 17.7 Å². The fraction of sp³-hybridized carbons (Fsp3) is 0.385. The summed E-state index contributed by atoms with van der Waals surface area (Å²) in [6.45, 7) is 1.83. The van der Waals surface area contributed by atoms with E-state index in [-0.39, 0.29) is 11.2 Å². The summed E-state index contributed by atoms with van der Waals surface area (Å²) < 4.78 is 5.53. The van der Waals surface area contributed by atoms with Crippen LogP contribution in [0.15, 0.2) is 34.2 Å². The van der Waals surface area contributed by atoms with E-state index in [0.29, 0.717) is 17.2 Å². The topological polar surface area (TPSA) is 80.9 Å². The van der Waals surface area contributed by atoms with Crippen LogP contribution in [0, 0.1) is 0 Å². The molecule has 2 heterocycles. The van der Waals surface area contributed by atoms with Crippen LogP contribution in [0.4, 0.5) is 0 Å². The Kier molecular flexibility index (Phi) is 3.68. The number of carbonyl (C=O) groups is 1. The number of hydrogen-bond acceptors (Lipinski definition) is 6. The summed E-state index contributed by atoms with van der Waals surface area (Å²) in [5.74, 6) is 0.425. The van der Waals surface area contributed by atoms with Gasteiger partial charge in [-0.2, -0.15) is 0 Å².